The van der Waals surface area contributed by atoms with Crippen molar-refractivity contribution in [1.29, 1.82) is 0 Å². The van der Waals surface area contributed by atoms with E-state index in [9.17, 15) is 9.59 Å². The molecule has 12 heteroatoms. The Morgan fingerprint density at radius 1 is 0.923 bits per heavy atom. The first kappa shape index (κ1) is 35.5. The Morgan fingerprint density at radius 3 is 2.38 bits per heavy atom. The molecule has 0 saturated carbocycles. The molecule has 10 nitrogen and oxygen atoms in total. The van der Waals surface area contributed by atoms with E-state index in [1.54, 1.807) is 27.7 Å². The van der Waals surface area contributed by atoms with Crippen LogP contribution >= 0.6 is 21.6 Å². The molecule has 0 aromatic heterocycles. The van der Waals surface area contributed by atoms with Crippen molar-refractivity contribution in [2.75, 3.05) is 77.8 Å². The van der Waals surface area contributed by atoms with Gasteiger partial charge in [0.2, 0.25) is 11.8 Å². The molecular formula is C27H47N3O7S2. The second-order valence-electron chi connectivity index (χ2n) is 9.31. The van der Waals surface area contributed by atoms with Gasteiger partial charge in [0.1, 0.15) is 24.4 Å². The zero-order valence-electron chi connectivity index (χ0n) is 24.0. The van der Waals surface area contributed by atoms with E-state index < -0.39 is 0 Å². The molecule has 0 fully saturated rings. The van der Waals surface area contributed by atoms with Gasteiger partial charge in [0.05, 0.1) is 46.1 Å². The van der Waals surface area contributed by atoms with Crippen LogP contribution in [0.5, 0.6) is 5.75 Å². The van der Waals surface area contributed by atoms with Crippen LogP contribution < -0.4 is 20.7 Å². The number of benzene rings is 1. The van der Waals surface area contributed by atoms with E-state index in [1.807, 2.05) is 25.1 Å². The lowest BCUT2D eigenvalue weighted by Gasteiger charge is -2.22. The first-order chi connectivity index (χ1) is 18.7. The second-order valence-corrected chi connectivity index (χ2v) is 12.5. The highest BCUT2D eigenvalue weighted by atomic mass is 33.1. The van der Waals surface area contributed by atoms with Gasteiger partial charge in [-0.05, 0) is 25.6 Å². The fourth-order valence-electron chi connectivity index (χ4n) is 2.81. The molecule has 0 saturated heterocycles. The Labute approximate surface area is 241 Å². The zero-order chi connectivity index (χ0) is 28.8. The highest BCUT2D eigenvalue weighted by molar-refractivity contribution is 8.77. The molecule has 1 atom stereocenters. The SMILES string of the molecule is CCNCCOCCOCCC(=O)Nc1cccc(OCC(OCCOCC(=O)NCC)SSC(C)(C)C)c1. The van der Waals surface area contributed by atoms with Crippen LogP contribution in [-0.2, 0) is 28.5 Å². The molecule has 0 spiro atoms. The molecule has 39 heavy (non-hydrogen) atoms. The van der Waals surface area contributed by atoms with Crippen LogP contribution in [0.1, 0.15) is 41.0 Å². The summed E-state index contributed by atoms with van der Waals surface area (Å²) in [5.41, 5.74) is 0.404. The minimum absolute atomic E-state index is 0.0122. The lowest BCUT2D eigenvalue weighted by Crippen LogP contribution is -2.28. The Morgan fingerprint density at radius 2 is 1.67 bits per heavy atom. The van der Waals surface area contributed by atoms with Crippen LogP contribution in [0.4, 0.5) is 5.69 Å². The zero-order valence-corrected chi connectivity index (χ0v) is 25.7. The van der Waals surface area contributed by atoms with E-state index in [0.717, 1.165) is 13.1 Å². The third-order valence-electron chi connectivity index (χ3n) is 4.57. The van der Waals surface area contributed by atoms with Crippen LogP contribution in [-0.4, -0.2) is 94.5 Å². The van der Waals surface area contributed by atoms with Crippen LogP contribution in [0.3, 0.4) is 0 Å². The number of carbonyl (C=O) groups is 2. The number of rotatable bonds is 23. The first-order valence-electron chi connectivity index (χ1n) is 13.4. The average Bonchev–Trinajstić information content (AvgIpc) is 2.88. The number of carbonyl (C=O) groups excluding carboxylic acids is 2. The molecule has 2 amide bonds. The minimum Gasteiger partial charge on any atom is -0.490 e. The summed E-state index contributed by atoms with van der Waals surface area (Å²) < 4.78 is 28.3. The summed E-state index contributed by atoms with van der Waals surface area (Å²) >= 11 is 0. The van der Waals surface area contributed by atoms with Crippen molar-refractivity contribution in [3.05, 3.63) is 24.3 Å². The average molecular weight is 590 g/mol. The maximum Gasteiger partial charge on any atom is 0.245 e. The molecule has 224 valence electrons. The van der Waals surface area contributed by atoms with E-state index in [2.05, 4.69) is 43.6 Å². The molecule has 0 aliphatic rings. The highest BCUT2D eigenvalue weighted by Crippen LogP contribution is 2.38. The molecule has 1 unspecified atom stereocenters. The van der Waals surface area contributed by atoms with Crippen LogP contribution in [0.25, 0.3) is 0 Å². The summed E-state index contributed by atoms with van der Waals surface area (Å²) in [6.07, 6.45) is 0.251. The van der Waals surface area contributed by atoms with Crippen molar-refractivity contribution in [3.8, 4) is 5.75 Å². The largest absolute Gasteiger partial charge is 0.490 e. The maximum absolute atomic E-state index is 12.3. The quantitative estimate of drug-likeness (QED) is 0.0991. The molecule has 0 aliphatic carbocycles. The van der Waals surface area contributed by atoms with Gasteiger partial charge in [-0.15, -0.1) is 0 Å². The van der Waals surface area contributed by atoms with Crippen molar-refractivity contribution in [1.82, 2.24) is 10.6 Å². The van der Waals surface area contributed by atoms with Crippen molar-refractivity contribution < 1.29 is 33.3 Å². The molecule has 0 bridgehead atoms. The smallest absolute Gasteiger partial charge is 0.245 e. The maximum atomic E-state index is 12.3. The molecule has 1 aromatic carbocycles. The Bertz CT molecular complexity index is 797. The normalized spacial score (nSPS) is 12.2. The summed E-state index contributed by atoms with van der Waals surface area (Å²) in [5.74, 6) is 0.350. The topological polar surface area (TPSA) is 116 Å². The fourth-order valence-corrected chi connectivity index (χ4v) is 5.01. The van der Waals surface area contributed by atoms with Crippen molar-refractivity contribution in [2.45, 2.75) is 51.2 Å². The monoisotopic (exact) mass is 589 g/mol. The summed E-state index contributed by atoms with van der Waals surface area (Å²) in [5, 5.41) is 8.75. The van der Waals surface area contributed by atoms with Crippen molar-refractivity contribution in [3.63, 3.8) is 0 Å². The van der Waals surface area contributed by atoms with Crippen LogP contribution in [0.2, 0.25) is 0 Å². The first-order valence-corrected chi connectivity index (χ1v) is 15.6. The molecule has 0 heterocycles. The van der Waals surface area contributed by atoms with Crippen LogP contribution in [0.15, 0.2) is 24.3 Å². The van der Waals surface area contributed by atoms with Gasteiger partial charge in [-0.3, -0.25) is 9.59 Å². The van der Waals surface area contributed by atoms with E-state index in [-0.39, 0.29) is 35.0 Å². The highest BCUT2D eigenvalue weighted by Gasteiger charge is 2.18. The number of likely N-dealkylation sites (N-methyl/N-ethyl adjacent to an activating group) is 2. The summed E-state index contributed by atoms with van der Waals surface area (Å²) in [6, 6.07) is 7.26. The summed E-state index contributed by atoms with van der Waals surface area (Å²) in [7, 11) is 3.30. The van der Waals surface area contributed by atoms with Crippen molar-refractivity contribution >= 4 is 39.1 Å². The lowest BCUT2D eigenvalue weighted by atomic mass is 10.3. The summed E-state index contributed by atoms with van der Waals surface area (Å²) in [6.45, 7) is 15.5. The predicted molar refractivity (Wildman–Crippen MR) is 160 cm³/mol. The minimum atomic E-state index is -0.246. The lowest BCUT2D eigenvalue weighted by molar-refractivity contribution is -0.126. The number of ether oxygens (including phenoxy) is 5. The Balaban J connectivity index is 2.40. The van der Waals surface area contributed by atoms with Crippen LogP contribution in [0, 0.1) is 0 Å². The number of anilines is 1. The predicted octanol–water partition coefficient (Wildman–Crippen LogP) is 3.71. The van der Waals surface area contributed by atoms with Gasteiger partial charge in [0, 0.05) is 29.6 Å². The molecular weight excluding hydrogens is 542 g/mol. The van der Waals surface area contributed by atoms with Gasteiger partial charge in [-0.1, -0.05) is 55.3 Å². The van der Waals surface area contributed by atoms with Crippen molar-refractivity contribution in [2.24, 2.45) is 0 Å². The Hall–Kier alpha value is -1.54. The van der Waals surface area contributed by atoms with Gasteiger partial charge in [-0.2, -0.15) is 0 Å². The summed E-state index contributed by atoms with van der Waals surface area (Å²) in [4.78, 5) is 23.8. The third kappa shape index (κ3) is 21.0. The van der Waals surface area contributed by atoms with Gasteiger partial charge in [-0.25, -0.2) is 0 Å². The van der Waals surface area contributed by atoms with Gasteiger partial charge in [0.25, 0.3) is 0 Å². The van der Waals surface area contributed by atoms with Gasteiger partial charge < -0.3 is 39.6 Å². The molecule has 1 aromatic rings. The van der Waals surface area contributed by atoms with E-state index in [1.165, 1.54) is 0 Å². The van der Waals surface area contributed by atoms with E-state index in [4.69, 9.17) is 23.7 Å². The molecule has 0 radical (unpaired) electrons. The molecule has 0 aliphatic heterocycles. The molecule has 1 rings (SSSR count). The molecule has 3 N–H and O–H groups in total. The number of hydrogen-bond donors (Lipinski definition) is 3. The second kappa shape index (κ2) is 22.2. The standard InChI is InChI=1S/C27H47N3O7S2/c1-6-28-12-14-34-16-15-33-13-11-24(31)30-22-9-8-10-23(19-22)37-21-26(38-39-27(3,4)5)36-18-17-35-20-25(32)29-7-2/h8-10,19,26,28H,6-7,11-18,20-21H2,1-5H3,(H,29,32)(H,30,31). The number of hydrogen-bond acceptors (Lipinski definition) is 10. The van der Waals surface area contributed by atoms with Gasteiger partial charge in [0.15, 0.2) is 0 Å². The van der Waals surface area contributed by atoms with E-state index >= 15 is 0 Å². The third-order valence-corrected chi connectivity index (χ3v) is 8.08. The number of amides is 2. The van der Waals surface area contributed by atoms with Gasteiger partial charge >= 0.3 is 0 Å². The number of nitrogens with one attached hydrogen (secondary N) is 3. The van der Waals surface area contributed by atoms with E-state index in [0.29, 0.717) is 64.2 Å². The Kier molecular flexibility index (Phi) is 20.2. The fraction of sp³-hybridized carbons (Fsp3) is 0.704.